The number of hydrogen-bond donors (Lipinski definition) is 4. The van der Waals surface area contributed by atoms with Gasteiger partial charge in [0.05, 0.1) is 52.1 Å². The highest BCUT2D eigenvalue weighted by molar-refractivity contribution is 7.45. The minimum atomic E-state index is -4.66. The van der Waals surface area contributed by atoms with Crippen LogP contribution in [0.3, 0.4) is 0 Å². The number of unbranched alkanes of at least 4 members (excludes halogenated alkanes) is 9. The van der Waals surface area contributed by atoms with Gasteiger partial charge in [-0.15, -0.1) is 0 Å². The summed E-state index contributed by atoms with van der Waals surface area (Å²) in [5.74, 6) is -1.08. The molecule has 0 aliphatic heterocycles. The number of Topliss-reactive ketones (excluding diaryl/α,β-unsaturated/α-hetero) is 1. The van der Waals surface area contributed by atoms with E-state index < -0.39 is 44.7 Å². The molecule has 1 amide bonds. The first-order chi connectivity index (χ1) is 25.2. The number of carbonyl (C=O) groups is 2. The third kappa shape index (κ3) is 25.0. The average molecular weight is 769 g/mol. The van der Waals surface area contributed by atoms with Crippen LogP contribution in [-0.4, -0.2) is 96.7 Å². The van der Waals surface area contributed by atoms with E-state index in [1.165, 1.54) is 32.1 Å². The van der Waals surface area contributed by atoms with Crippen LogP contribution in [0.2, 0.25) is 0 Å². The zero-order valence-electron chi connectivity index (χ0n) is 33.4. The number of phosphoric acid groups is 1. The molecule has 7 atom stereocenters. The molecular weight excluding hydrogens is 695 g/mol. The van der Waals surface area contributed by atoms with Gasteiger partial charge in [-0.3, -0.25) is 14.2 Å². The second-order valence-corrected chi connectivity index (χ2v) is 16.8. The van der Waals surface area contributed by atoms with Crippen molar-refractivity contribution in [3.8, 4) is 0 Å². The van der Waals surface area contributed by atoms with Gasteiger partial charge in [0.25, 0.3) is 7.82 Å². The maximum Gasteiger partial charge on any atom is 0.268 e. The quantitative estimate of drug-likeness (QED) is 0.0268. The number of hydrogen-bond acceptors (Lipinski definition) is 9. The minimum Gasteiger partial charge on any atom is -0.756 e. The number of nitrogens with zero attached hydrogens (tertiary/aromatic N) is 1. The van der Waals surface area contributed by atoms with E-state index in [1.807, 2.05) is 39.4 Å². The van der Waals surface area contributed by atoms with Gasteiger partial charge in [-0.2, -0.15) is 0 Å². The van der Waals surface area contributed by atoms with Gasteiger partial charge >= 0.3 is 0 Å². The van der Waals surface area contributed by atoms with E-state index in [-0.39, 0.29) is 37.1 Å². The normalized spacial score (nSPS) is 21.3. The molecule has 1 fully saturated rings. The Morgan fingerprint density at radius 3 is 2.26 bits per heavy atom. The van der Waals surface area contributed by atoms with Crippen LogP contribution in [0.1, 0.15) is 123 Å². The SMILES string of the molecule is CCCCCCC/C=C\CC/C=C/[C@@H](O)[C@H](COP(=O)([O-])OCC[N+](C)(C)C)NC(=O)CCC/C=C\C[C@H]1[C@@H](O)CC(=O)[C@@H]1/C=C/[C@@H](O)CCCCC. The standard InChI is InChI=1S/C41H73N2O9P/c1-6-8-10-11-12-13-14-15-16-17-22-26-38(45)37(33-52-53(49,50)51-31-30-43(3,4)5)42-41(48)27-23-19-18-21-25-35-36(40(47)32-39(35)46)29-28-34(44)24-20-9-7-2/h14-15,18,21-22,26,28-29,34-39,44-46H,6-13,16-17,19-20,23-25,27,30-33H2,1-5H3,(H-,42,48,49,50)/b15-14-,21-18-,26-22+,29-28+/t34-,35+,36+,37-,38+,39-/m0/s1. The molecular formula is C41H73N2O9P. The predicted molar refractivity (Wildman–Crippen MR) is 211 cm³/mol. The summed E-state index contributed by atoms with van der Waals surface area (Å²) in [6.45, 7) is 4.22. The number of phosphoric ester groups is 1. The number of amides is 1. The largest absolute Gasteiger partial charge is 0.756 e. The van der Waals surface area contributed by atoms with E-state index in [2.05, 4.69) is 31.3 Å². The Balaban J connectivity index is 2.66. The number of rotatable bonds is 31. The molecule has 53 heavy (non-hydrogen) atoms. The second-order valence-electron chi connectivity index (χ2n) is 15.4. The van der Waals surface area contributed by atoms with Crippen molar-refractivity contribution in [2.45, 2.75) is 147 Å². The number of ketones is 1. The van der Waals surface area contributed by atoms with Crippen LogP contribution < -0.4 is 10.2 Å². The Kier molecular flexibility index (Phi) is 26.3. The van der Waals surface area contributed by atoms with Gasteiger partial charge < -0.3 is 39.1 Å². The Labute approximate surface area is 320 Å². The third-order valence-corrected chi connectivity index (χ3v) is 10.4. The molecule has 0 aromatic rings. The second kappa shape index (κ2) is 28.5. The van der Waals surface area contributed by atoms with Crippen molar-refractivity contribution >= 4 is 19.5 Å². The summed E-state index contributed by atoms with van der Waals surface area (Å²) >= 11 is 0. The van der Waals surface area contributed by atoms with Crippen LogP contribution in [0.25, 0.3) is 0 Å². The van der Waals surface area contributed by atoms with Gasteiger partial charge in [-0.05, 0) is 51.4 Å². The summed E-state index contributed by atoms with van der Waals surface area (Å²) in [5.41, 5.74) is 0. The Morgan fingerprint density at radius 1 is 0.906 bits per heavy atom. The number of quaternary nitrogens is 1. The fraction of sp³-hybridized carbons (Fsp3) is 0.756. The van der Waals surface area contributed by atoms with Crippen molar-refractivity contribution in [2.24, 2.45) is 11.8 Å². The Morgan fingerprint density at radius 2 is 1.55 bits per heavy atom. The minimum absolute atomic E-state index is 0.0236. The van der Waals surface area contributed by atoms with Gasteiger partial charge in [0.2, 0.25) is 5.91 Å². The fourth-order valence-corrected chi connectivity index (χ4v) is 6.75. The number of carbonyl (C=O) groups excluding carboxylic acids is 2. The van der Waals surface area contributed by atoms with E-state index in [4.69, 9.17) is 9.05 Å². The van der Waals surface area contributed by atoms with Crippen molar-refractivity contribution in [1.82, 2.24) is 5.32 Å². The van der Waals surface area contributed by atoms with Crippen LogP contribution in [0, 0.1) is 11.8 Å². The van der Waals surface area contributed by atoms with E-state index in [9.17, 15) is 34.4 Å². The average Bonchev–Trinajstić information content (AvgIpc) is 3.36. The van der Waals surface area contributed by atoms with E-state index in [0.29, 0.717) is 43.1 Å². The highest BCUT2D eigenvalue weighted by atomic mass is 31.2. The van der Waals surface area contributed by atoms with E-state index in [0.717, 1.165) is 32.1 Å². The van der Waals surface area contributed by atoms with Gasteiger partial charge in [0, 0.05) is 24.7 Å². The lowest BCUT2D eigenvalue weighted by molar-refractivity contribution is -0.870. The molecule has 1 aliphatic carbocycles. The van der Waals surface area contributed by atoms with Gasteiger partial charge in [0.15, 0.2) is 0 Å². The predicted octanol–water partition coefficient (Wildman–Crippen LogP) is 6.47. The molecule has 4 N–H and O–H groups in total. The molecule has 1 rings (SSSR count). The van der Waals surface area contributed by atoms with Crippen molar-refractivity contribution in [3.63, 3.8) is 0 Å². The number of likely N-dealkylation sites (N-methyl/N-ethyl adjacent to an activating group) is 1. The van der Waals surface area contributed by atoms with Crippen molar-refractivity contribution in [1.29, 1.82) is 0 Å². The highest BCUT2D eigenvalue weighted by Gasteiger charge is 2.39. The van der Waals surface area contributed by atoms with Gasteiger partial charge in [0.1, 0.15) is 18.9 Å². The highest BCUT2D eigenvalue weighted by Crippen LogP contribution is 2.38. The van der Waals surface area contributed by atoms with Crippen LogP contribution in [-0.2, 0) is 23.2 Å². The Bertz CT molecular complexity index is 1170. The zero-order valence-corrected chi connectivity index (χ0v) is 34.3. The fourth-order valence-electron chi connectivity index (χ4n) is 6.03. The van der Waals surface area contributed by atoms with E-state index >= 15 is 0 Å². The van der Waals surface area contributed by atoms with Gasteiger partial charge in [-0.1, -0.05) is 107 Å². The first-order valence-electron chi connectivity index (χ1n) is 20.1. The number of allylic oxidation sites excluding steroid dienone is 6. The van der Waals surface area contributed by atoms with Crippen LogP contribution in [0.4, 0.5) is 0 Å². The Hall–Kier alpha value is -1.95. The lowest BCUT2D eigenvalue weighted by Crippen LogP contribution is -2.45. The summed E-state index contributed by atoms with van der Waals surface area (Å²) in [4.78, 5) is 37.8. The maximum atomic E-state index is 12.9. The molecule has 12 heteroatoms. The summed E-state index contributed by atoms with van der Waals surface area (Å²) in [6, 6.07) is -1.01. The van der Waals surface area contributed by atoms with Crippen LogP contribution in [0.15, 0.2) is 48.6 Å². The van der Waals surface area contributed by atoms with Crippen molar-refractivity contribution < 1.29 is 47.9 Å². The lowest BCUT2D eigenvalue weighted by atomic mass is 9.90. The molecule has 0 aromatic heterocycles. The topological polar surface area (TPSA) is 165 Å². The molecule has 0 radical (unpaired) electrons. The van der Waals surface area contributed by atoms with Crippen LogP contribution >= 0.6 is 7.82 Å². The van der Waals surface area contributed by atoms with Crippen molar-refractivity contribution in [2.75, 3.05) is 40.9 Å². The molecule has 1 aliphatic rings. The molecule has 11 nitrogen and oxygen atoms in total. The molecule has 0 heterocycles. The van der Waals surface area contributed by atoms with Crippen LogP contribution in [0.5, 0.6) is 0 Å². The monoisotopic (exact) mass is 769 g/mol. The summed E-state index contributed by atoms with van der Waals surface area (Å²) in [7, 11) is 1.07. The summed E-state index contributed by atoms with van der Waals surface area (Å²) in [6.07, 6.45) is 26.7. The molecule has 1 saturated carbocycles. The zero-order chi connectivity index (χ0) is 39.5. The summed E-state index contributed by atoms with van der Waals surface area (Å²) in [5, 5.41) is 34.4. The third-order valence-electron chi connectivity index (χ3n) is 9.39. The maximum absolute atomic E-state index is 12.9. The molecule has 0 aromatic carbocycles. The number of nitrogens with one attached hydrogen (secondary N) is 1. The van der Waals surface area contributed by atoms with Crippen molar-refractivity contribution in [3.05, 3.63) is 48.6 Å². The van der Waals surface area contributed by atoms with E-state index in [1.54, 1.807) is 18.2 Å². The molecule has 0 spiro atoms. The number of aliphatic hydroxyl groups is 3. The first kappa shape index (κ1) is 49.1. The molecule has 0 saturated heterocycles. The smallest absolute Gasteiger partial charge is 0.268 e. The first-order valence-corrected chi connectivity index (χ1v) is 21.6. The number of aliphatic hydroxyl groups excluding tert-OH is 3. The molecule has 0 bridgehead atoms. The van der Waals surface area contributed by atoms with Gasteiger partial charge in [-0.25, -0.2) is 0 Å². The summed E-state index contributed by atoms with van der Waals surface area (Å²) < 4.78 is 23.0. The molecule has 1 unspecified atom stereocenters. The lowest BCUT2D eigenvalue weighted by Gasteiger charge is -2.29. The molecule has 306 valence electrons.